The van der Waals surface area contributed by atoms with Crippen LogP contribution in [0.4, 0.5) is 4.39 Å². The van der Waals surface area contributed by atoms with Crippen molar-refractivity contribution in [1.29, 1.82) is 0 Å². The van der Waals surface area contributed by atoms with E-state index < -0.39 is 0 Å². The first-order chi connectivity index (χ1) is 4.70. The predicted molar refractivity (Wildman–Crippen MR) is 40.8 cm³/mol. The second-order valence-corrected chi connectivity index (χ2v) is 2.11. The topological polar surface area (TPSA) is 0 Å². The second-order valence-electron chi connectivity index (χ2n) is 2.11. The van der Waals surface area contributed by atoms with E-state index in [1.807, 2.05) is 0 Å². The molecule has 0 saturated heterocycles. The van der Waals surface area contributed by atoms with Crippen molar-refractivity contribution in [1.82, 2.24) is 0 Å². The van der Waals surface area contributed by atoms with Gasteiger partial charge < -0.3 is 0 Å². The number of halogens is 1. The Labute approximate surface area is 60.0 Å². The van der Waals surface area contributed by atoms with Gasteiger partial charge in [0.15, 0.2) is 0 Å². The summed E-state index contributed by atoms with van der Waals surface area (Å²) in [4.78, 5) is 0. The zero-order chi connectivity index (χ0) is 7.56. The summed E-state index contributed by atoms with van der Waals surface area (Å²) in [6.45, 7) is 7.24. The highest BCUT2D eigenvalue weighted by Gasteiger charge is 1.91. The van der Waals surface area contributed by atoms with E-state index in [-0.39, 0.29) is 5.82 Å². The fraction of sp³-hybridized carbons (Fsp3) is 0. The van der Waals surface area contributed by atoms with E-state index in [4.69, 9.17) is 0 Å². The minimum absolute atomic E-state index is 0.231. The van der Waals surface area contributed by atoms with Crippen LogP contribution >= 0.6 is 0 Å². The Morgan fingerprint density at radius 1 is 1.20 bits per heavy atom. The molecule has 0 fully saturated rings. The third-order valence-electron chi connectivity index (χ3n) is 1.25. The molecule has 0 N–H and O–H groups in total. The van der Waals surface area contributed by atoms with Gasteiger partial charge >= 0.3 is 0 Å². The monoisotopic (exact) mass is 135 g/mol. The smallest absolute Gasteiger partial charge is 0.123 e. The summed E-state index contributed by atoms with van der Waals surface area (Å²) in [6, 6.07) is 6.10. The van der Waals surface area contributed by atoms with E-state index in [9.17, 15) is 4.39 Å². The summed E-state index contributed by atoms with van der Waals surface area (Å²) in [7, 11) is 0. The number of rotatable bonds is 1. The van der Waals surface area contributed by atoms with Crippen LogP contribution in [0.15, 0.2) is 30.8 Å². The fourth-order valence-electron chi connectivity index (χ4n) is 0.686. The quantitative estimate of drug-likeness (QED) is 0.555. The van der Waals surface area contributed by atoms with E-state index in [1.54, 1.807) is 12.1 Å². The molecule has 0 atom stereocenters. The Morgan fingerprint density at radius 2 is 1.70 bits per heavy atom. The fourth-order valence-corrected chi connectivity index (χ4v) is 0.686. The van der Waals surface area contributed by atoms with Crippen LogP contribution in [0.5, 0.6) is 0 Å². The third-order valence-corrected chi connectivity index (χ3v) is 1.25. The molecule has 1 heteroatoms. The van der Waals surface area contributed by atoms with Crippen molar-refractivity contribution in [2.24, 2.45) is 0 Å². The van der Waals surface area contributed by atoms with Gasteiger partial charge in [0.2, 0.25) is 0 Å². The first-order valence-electron chi connectivity index (χ1n) is 2.97. The van der Waals surface area contributed by atoms with Crippen LogP contribution in [0.1, 0.15) is 5.56 Å². The molecule has 1 aromatic carbocycles. The molecule has 1 radical (unpaired) electrons. The van der Waals surface area contributed by atoms with E-state index in [2.05, 4.69) is 13.5 Å². The van der Waals surface area contributed by atoms with Crippen molar-refractivity contribution in [2.45, 2.75) is 0 Å². The molecule has 0 bridgehead atoms. The Bertz CT molecular complexity index is 233. The van der Waals surface area contributed by atoms with E-state index in [0.717, 1.165) is 5.56 Å². The lowest BCUT2D eigenvalue weighted by Gasteiger charge is -1.96. The third kappa shape index (κ3) is 1.44. The molecule has 0 saturated carbocycles. The SMILES string of the molecule is [CH2]C(=C)c1ccc(F)cc1. The summed E-state index contributed by atoms with van der Waals surface area (Å²) in [5.74, 6) is -0.231. The van der Waals surface area contributed by atoms with Crippen molar-refractivity contribution in [3.8, 4) is 0 Å². The summed E-state index contributed by atoms with van der Waals surface area (Å²) >= 11 is 0. The van der Waals surface area contributed by atoms with Gasteiger partial charge in [-0.05, 0) is 30.2 Å². The molecule has 1 rings (SSSR count). The predicted octanol–water partition coefficient (Wildman–Crippen LogP) is 2.67. The Kier molecular flexibility index (Phi) is 1.86. The molecule has 0 heterocycles. The number of hydrogen-bond acceptors (Lipinski definition) is 0. The first-order valence-corrected chi connectivity index (χ1v) is 2.97. The molecule has 0 unspecified atom stereocenters. The van der Waals surface area contributed by atoms with Crippen LogP contribution in [0.25, 0.3) is 5.57 Å². The van der Waals surface area contributed by atoms with Crippen LogP contribution in [0.2, 0.25) is 0 Å². The van der Waals surface area contributed by atoms with Crippen molar-refractivity contribution in [3.05, 3.63) is 49.1 Å². The van der Waals surface area contributed by atoms with Gasteiger partial charge in [-0.25, -0.2) is 4.39 Å². The highest BCUT2D eigenvalue weighted by atomic mass is 19.1. The Hall–Kier alpha value is -1.11. The number of benzene rings is 1. The molecule has 0 aliphatic carbocycles. The number of hydrogen-bond donors (Lipinski definition) is 0. The molecular formula is C9H8F. The van der Waals surface area contributed by atoms with Gasteiger partial charge in [-0.15, -0.1) is 0 Å². The molecule has 0 aliphatic rings. The second kappa shape index (κ2) is 2.65. The molecule has 0 spiro atoms. The van der Waals surface area contributed by atoms with Gasteiger partial charge in [-0.1, -0.05) is 18.7 Å². The van der Waals surface area contributed by atoms with Crippen molar-refractivity contribution in [3.63, 3.8) is 0 Å². The Morgan fingerprint density at radius 3 is 2.10 bits per heavy atom. The maximum Gasteiger partial charge on any atom is 0.123 e. The molecule has 0 nitrogen and oxygen atoms in total. The lowest BCUT2D eigenvalue weighted by atomic mass is 10.1. The maximum atomic E-state index is 12.3. The standard InChI is InChI=1S/C9H8F/c1-7(2)8-3-5-9(10)6-4-8/h3-6H,1-2H2. The van der Waals surface area contributed by atoms with E-state index >= 15 is 0 Å². The van der Waals surface area contributed by atoms with Gasteiger partial charge in [-0.2, -0.15) is 0 Å². The molecule has 0 aliphatic heterocycles. The molecule has 0 amide bonds. The van der Waals surface area contributed by atoms with Crippen LogP contribution in [0.3, 0.4) is 0 Å². The molecule has 0 aromatic heterocycles. The zero-order valence-corrected chi connectivity index (χ0v) is 5.60. The molecule has 10 heavy (non-hydrogen) atoms. The van der Waals surface area contributed by atoms with Crippen LogP contribution in [0, 0.1) is 12.7 Å². The molecular weight excluding hydrogens is 127 g/mol. The summed E-state index contributed by atoms with van der Waals surface area (Å²) in [5, 5.41) is 0. The average Bonchev–Trinajstić information content (AvgIpc) is 1.88. The van der Waals surface area contributed by atoms with E-state index in [1.165, 1.54) is 12.1 Å². The summed E-state index contributed by atoms with van der Waals surface area (Å²) in [5.41, 5.74) is 1.58. The minimum Gasteiger partial charge on any atom is -0.207 e. The summed E-state index contributed by atoms with van der Waals surface area (Å²) in [6.07, 6.45) is 0. The van der Waals surface area contributed by atoms with Crippen LogP contribution < -0.4 is 0 Å². The van der Waals surface area contributed by atoms with Gasteiger partial charge in [0.05, 0.1) is 0 Å². The molecule has 1 aromatic rings. The Balaban J connectivity index is 3.00. The summed E-state index contributed by atoms with van der Waals surface area (Å²) < 4.78 is 12.3. The zero-order valence-electron chi connectivity index (χ0n) is 5.60. The van der Waals surface area contributed by atoms with E-state index in [0.29, 0.717) is 5.57 Å². The van der Waals surface area contributed by atoms with Gasteiger partial charge in [0.25, 0.3) is 0 Å². The van der Waals surface area contributed by atoms with Crippen LogP contribution in [-0.2, 0) is 0 Å². The molecule has 51 valence electrons. The van der Waals surface area contributed by atoms with Crippen LogP contribution in [-0.4, -0.2) is 0 Å². The minimum atomic E-state index is -0.231. The normalized spacial score (nSPS) is 9.40. The first kappa shape index (κ1) is 7.00. The van der Waals surface area contributed by atoms with Gasteiger partial charge in [-0.3, -0.25) is 0 Å². The van der Waals surface area contributed by atoms with Gasteiger partial charge in [0.1, 0.15) is 5.82 Å². The van der Waals surface area contributed by atoms with Crippen molar-refractivity contribution in [2.75, 3.05) is 0 Å². The number of allylic oxidation sites excluding steroid dienone is 1. The largest absolute Gasteiger partial charge is 0.207 e. The van der Waals surface area contributed by atoms with Crippen molar-refractivity contribution >= 4 is 5.57 Å². The highest BCUT2D eigenvalue weighted by molar-refractivity contribution is 5.65. The average molecular weight is 135 g/mol. The van der Waals surface area contributed by atoms with Gasteiger partial charge in [0, 0.05) is 0 Å². The lowest BCUT2D eigenvalue weighted by Crippen LogP contribution is -1.77. The lowest BCUT2D eigenvalue weighted by molar-refractivity contribution is 0.627. The maximum absolute atomic E-state index is 12.3. The van der Waals surface area contributed by atoms with Crippen molar-refractivity contribution < 1.29 is 4.39 Å². The highest BCUT2D eigenvalue weighted by Crippen LogP contribution is 2.10.